The van der Waals surface area contributed by atoms with E-state index in [1.807, 2.05) is 6.92 Å². The molecule has 0 radical (unpaired) electrons. The minimum Gasteiger partial charge on any atom is -0.369 e. The summed E-state index contributed by atoms with van der Waals surface area (Å²) in [6, 6.07) is 6.78. The number of thiazole rings is 1. The Morgan fingerprint density at radius 2 is 2.14 bits per heavy atom. The summed E-state index contributed by atoms with van der Waals surface area (Å²) in [6.45, 7) is 1.81. The number of amides is 2. The highest BCUT2D eigenvalue weighted by molar-refractivity contribution is 8.01. The zero-order chi connectivity index (χ0) is 15.4. The number of aryl methyl sites for hydroxylation is 1. The van der Waals surface area contributed by atoms with E-state index in [2.05, 4.69) is 10.3 Å². The number of hydrogen-bond donors (Lipinski definition) is 2. The highest BCUT2D eigenvalue weighted by atomic mass is 35.5. The van der Waals surface area contributed by atoms with E-state index in [9.17, 15) is 9.59 Å². The van der Waals surface area contributed by atoms with E-state index in [1.165, 1.54) is 23.1 Å². The van der Waals surface area contributed by atoms with Gasteiger partial charge in [-0.05, 0) is 19.1 Å². The van der Waals surface area contributed by atoms with Crippen LogP contribution in [0.15, 0.2) is 28.5 Å². The molecule has 5 nitrogen and oxygen atoms in total. The van der Waals surface area contributed by atoms with E-state index in [0.29, 0.717) is 15.7 Å². The van der Waals surface area contributed by atoms with Crippen LogP contribution in [0.4, 0.5) is 5.13 Å². The molecule has 2 aromatic rings. The van der Waals surface area contributed by atoms with Crippen molar-refractivity contribution in [3.8, 4) is 0 Å². The van der Waals surface area contributed by atoms with Crippen LogP contribution in [0.5, 0.6) is 0 Å². The van der Waals surface area contributed by atoms with Gasteiger partial charge in [0.05, 0.1) is 26.2 Å². The molecule has 0 aliphatic heterocycles. The number of halogens is 1. The molecule has 0 aliphatic carbocycles. The summed E-state index contributed by atoms with van der Waals surface area (Å²) < 4.78 is 0.850. The van der Waals surface area contributed by atoms with Gasteiger partial charge in [0.1, 0.15) is 0 Å². The highest BCUT2D eigenvalue weighted by Crippen LogP contribution is 2.32. The van der Waals surface area contributed by atoms with Gasteiger partial charge < -0.3 is 5.73 Å². The van der Waals surface area contributed by atoms with Crippen molar-refractivity contribution in [1.29, 1.82) is 0 Å². The van der Waals surface area contributed by atoms with E-state index in [-0.39, 0.29) is 11.7 Å². The van der Waals surface area contributed by atoms with Crippen LogP contribution in [0.3, 0.4) is 0 Å². The summed E-state index contributed by atoms with van der Waals surface area (Å²) in [4.78, 5) is 27.2. The van der Waals surface area contributed by atoms with Crippen molar-refractivity contribution < 1.29 is 9.59 Å². The summed E-state index contributed by atoms with van der Waals surface area (Å²) in [6.07, 6.45) is 0. The van der Waals surface area contributed by atoms with Gasteiger partial charge in [-0.1, -0.05) is 35.1 Å². The molecule has 0 atom stereocenters. The van der Waals surface area contributed by atoms with Crippen molar-refractivity contribution in [3.05, 3.63) is 40.5 Å². The van der Waals surface area contributed by atoms with Gasteiger partial charge in [-0.25, -0.2) is 4.98 Å². The van der Waals surface area contributed by atoms with Crippen LogP contribution in [-0.2, 0) is 4.79 Å². The first-order valence-corrected chi connectivity index (χ1v) is 8.10. The number of primary amides is 1. The van der Waals surface area contributed by atoms with Crippen molar-refractivity contribution in [2.75, 3.05) is 11.1 Å². The van der Waals surface area contributed by atoms with Gasteiger partial charge in [-0.2, -0.15) is 0 Å². The van der Waals surface area contributed by atoms with Crippen LogP contribution in [0.25, 0.3) is 0 Å². The number of rotatable bonds is 5. The van der Waals surface area contributed by atoms with E-state index < -0.39 is 5.91 Å². The number of thioether (sulfide) groups is 1. The quantitative estimate of drug-likeness (QED) is 0.819. The molecular formula is C13H12ClN3O2S2. The summed E-state index contributed by atoms with van der Waals surface area (Å²) >= 11 is 8.58. The topological polar surface area (TPSA) is 85.1 Å². The third kappa shape index (κ3) is 4.20. The second kappa shape index (κ2) is 6.93. The number of nitrogens with two attached hydrogens (primary N) is 1. The lowest BCUT2D eigenvalue weighted by atomic mass is 10.2. The van der Waals surface area contributed by atoms with Crippen LogP contribution in [0.1, 0.15) is 16.1 Å². The van der Waals surface area contributed by atoms with Crippen LogP contribution in [-0.4, -0.2) is 22.6 Å². The first kappa shape index (κ1) is 15.8. The van der Waals surface area contributed by atoms with E-state index in [4.69, 9.17) is 17.3 Å². The first-order valence-electron chi connectivity index (χ1n) is 5.92. The average Bonchev–Trinajstić information content (AvgIpc) is 2.76. The summed E-state index contributed by atoms with van der Waals surface area (Å²) in [5.74, 6) is -0.531. The van der Waals surface area contributed by atoms with Gasteiger partial charge >= 0.3 is 0 Å². The minimum atomic E-state index is -0.394. The first-order chi connectivity index (χ1) is 9.97. The zero-order valence-corrected chi connectivity index (χ0v) is 13.4. The number of aromatic nitrogens is 1. The molecule has 0 spiro atoms. The molecule has 0 saturated heterocycles. The van der Waals surface area contributed by atoms with Gasteiger partial charge in [-0.15, -0.1) is 11.8 Å². The Hall–Kier alpha value is -1.57. The Bertz CT molecular complexity index is 688. The Morgan fingerprint density at radius 3 is 2.81 bits per heavy atom. The lowest BCUT2D eigenvalue weighted by Crippen LogP contribution is -2.12. The molecule has 1 aromatic heterocycles. The maximum absolute atomic E-state index is 12.1. The Labute approximate surface area is 134 Å². The fourth-order valence-electron chi connectivity index (χ4n) is 1.52. The molecule has 0 saturated carbocycles. The monoisotopic (exact) mass is 341 g/mol. The van der Waals surface area contributed by atoms with Gasteiger partial charge in [0, 0.05) is 0 Å². The number of carbonyl (C=O) groups is 2. The smallest absolute Gasteiger partial charge is 0.258 e. The van der Waals surface area contributed by atoms with Gasteiger partial charge in [0.2, 0.25) is 5.91 Å². The molecule has 0 aliphatic rings. The zero-order valence-electron chi connectivity index (χ0n) is 11.1. The predicted octanol–water partition coefficient (Wildman–Crippen LogP) is 2.93. The second-order valence-corrected chi connectivity index (χ2v) is 6.73. The summed E-state index contributed by atoms with van der Waals surface area (Å²) in [5, 5.41) is 3.55. The molecule has 8 heteroatoms. The van der Waals surface area contributed by atoms with Crippen LogP contribution in [0.2, 0.25) is 5.02 Å². The molecule has 21 heavy (non-hydrogen) atoms. The van der Waals surface area contributed by atoms with Crippen molar-refractivity contribution in [1.82, 2.24) is 4.98 Å². The maximum Gasteiger partial charge on any atom is 0.258 e. The number of nitrogens with one attached hydrogen (secondary N) is 1. The molecule has 0 unspecified atom stereocenters. The number of carbonyl (C=O) groups excluding carboxylic acids is 2. The summed E-state index contributed by atoms with van der Waals surface area (Å²) in [5.41, 5.74) is 6.25. The number of nitrogens with zero attached hydrogens (tertiary/aromatic N) is 1. The largest absolute Gasteiger partial charge is 0.369 e. The van der Waals surface area contributed by atoms with Crippen LogP contribution in [0, 0.1) is 6.92 Å². The third-order valence-electron chi connectivity index (χ3n) is 2.44. The third-order valence-corrected chi connectivity index (χ3v) is 5.23. The van der Waals surface area contributed by atoms with E-state index in [0.717, 1.165) is 9.90 Å². The van der Waals surface area contributed by atoms with E-state index >= 15 is 0 Å². The van der Waals surface area contributed by atoms with Crippen molar-refractivity contribution in [2.24, 2.45) is 5.73 Å². The molecule has 1 aromatic carbocycles. The fraction of sp³-hybridized carbons (Fsp3) is 0.154. The highest BCUT2D eigenvalue weighted by Gasteiger charge is 2.14. The lowest BCUT2D eigenvalue weighted by Gasteiger charge is -2.03. The molecule has 2 rings (SSSR count). The normalized spacial score (nSPS) is 10.4. The second-order valence-electron chi connectivity index (χ2n) is 4.08. The molecule has 0 bridgehead atoms. The van der Waals surface area contributed by atoms with Crippen molar-refractivity contribution >= 4 is 51.6 Å². The fourth-order valence-corrected chi connectivity index (χ4v) is 3.61. The molecule has 0 fully saturated rings. The average molecular weight is 342 g/mol. The molecule has 2 amide bonds. The minimum absolute atomic E-state index is 0.181. The van der Waals surface area contributed by atoms with Crippen molar-refractivity contribution in [2.45, 2.75) is 11.1 Å². The number of hydrogen-bond acceptors (Lipinski definition) is 5. The molecular weight excluding hydrogens is 330 g/mol. The number of anilines is 1. The molecule has 110 valence electrons. The predicted molar refractivity (Wildman–Crippen MR) is 86.2 cm³/mol. The molecule has 3 N–H and O–H groups in total. The van der Waals surface area contributed by atoms with Crippen molar-refractivity contribution in [3.63, 3.8) is 0 Å². The Morgan fingerprint density at radius 1 is 1.43 bits per heavy atom. The summed E-state index contributed by atoms with van der Waals surface area (Å²) in [7, 11) is 0. The van der Waals surface area contributed by atoms with Gasteiger partial charge in [-0.3, -0.25) is 14.9 Å². The Balaban J connectivity index is 2.10. The number of benzene rings is 1. The lowest BCUT2D eigenvalue weighted by molar-refractivity contribution is -0.115. The maximum atomic E-state index is 12.1. The van der Waals surface area contributed by atoms with Gasteiger partial charge in [0.15, 0.2) is 5.13 Å². The van der Waals surface area contributed by atoms with Crippen LogP contribution < -0.4 is 11.1 Å². The van der Waals surface area contributed by atoms with Crippen LogP contribution >= 0.6 is 34.7 Å². The molecule has 1 heterocycles. The Kier molecular flexibility index (Phi) is 5.22. The SMILES string of the molecule is Cc1nc(NC(=O)c2ccccc2Cl)sc1SCC(N)=O. The van der Waals surface area contributed by atoms with Gasteiger partial charge in [0.25, 0.3) is 5.91 Å². The van der Waals surface area contributed by atoms with E-state index in [1.54, 1.807) is 24.3 Å². The standard InChI is InChI=1S/C13H12ClN3O2S2/c1-7-12(20-6-10(15)18)21-13(16-7)17-11(19)8-4-2-3-5-9(8)14/h2-5H,6H2,1H3,(H2,15,18)(H,16,17,19).